The van der Waals surface area contributed by atoms with Gasteiger partial charge in [-0.2, -0.15) is 4.98 Å². The third-order valence-electron chi connectivity index (χ3n) is 5.83. The van der Waals surface area contributed by atoms with Crippen LogP contribution >= 0.6 is 0 Å². The minimum absolute atomic E-state index is 0.0193. The Hall–Kier alpha value is -3.27. The van der Waals surface area contributed by atoms with Gasteiger partial charge in [0, 0.05) is 81.8 Å². The first kappa shape index (κ1) is 21.0. The Morgan fingerprint density at radius 2 is 1.55 bits per heavy atom. The average molecular weight is 425 g/mol. The number of nitro benzene ring substituents is 1. The van der Waals surface area contributed by atoms with Crippen LogP contribution in [0.3, 0.4) is 0 Å². The van der Waals surface area contributed by atoms with Gasteiger partial charge in [-0.1, -0.05) is 0 Å². The molecule has 0 aliphatic carbocycles. The summed E-state index contributed by atoms with van der Waals surface area (Å²) in [5, 5.41) is 10.8. The predicted molar refractivity (Wildman–Crippen MR) is 118 cm³/mol. The number of aryl methyl sites for hydroxylation is 1. The van der Waals surface area contributed by atoms with E-state index in [0.717, 1.165) is 37.7 Å². The molecule has 1 aromatic carbocycles. The van der Waals surface area contributed by atoms with Gasteiger partial charge in [0.2, 0.25) is 5.95 Å². The van der Waals surface area contributed by atoms with Crippen LogP contribution in [-0.2, 0) is 0 Å². The Kier molecular flexibility index (Phi) is 5.99. The van der Waals surface area contributed by atoms with Crippen molar-refractivity contribution in [1.82, 2.24) is 19.8 Å². The average Bonchev–Trinajstić information content (AvgIpc) is 2.79. The molecular weight excluding hydrogens is 398 g/mol. The highest BCUT2D eigenvalue weighted by molar-refractivity contribution is 5.94. The van der Waals surface area contributed by atoms with Gasteiger partial charge in [0.15, 0.2) is 0 Å². The lowest BCUT2D eigenvalue weighted by Gasteiger charge is -2.36. The molecule has 0 bridgehead atoms. The fourth-order valence-electron chi connectivity index (χ4n) is 3.89. The Balaban J connectivity index is 1.40. The molecule has 2 aliphatic rings. The number of carbonyl (C=O) groups is 1. The van der Waals surface area contributed by atoms with Crippen molar-refractivity contribution in [3.05, 3.63) is 51.7 Å². The molecule has 2 saturated heterocycles. The summed E-state index contributed by atoms with van der Waals surface area (Å²) in [5.41, 5.74) is 1.38. The van der Waals surface area contributed by atoms with Gasteiger partial charge in [-0.25, -0.2) is 4.98 Å². The fourth-order valence-corrected chi connectivity index (χ4v) is 3.89. The number of nitrogens with zero attached hydrogens (tertiary/aromatic N) is 7. The highest BCUT2D eigenvalue weighted by Gasteiger charge is 2.25. The lowest BCUT2D eigenvalue weighted by Crippen LogP contribution is -2.49. The maximum Gasteiger partial charge on any atom is 0.269 e. The van der Waals surface area contributed by atoms with Crippen LogP contribution < -0.4 is 9.80 Å². The molecule has 1 amide bonds. The summed E-state index contributed by atoms with van der Waals surface area (Å²) in [6.45, 7) is 8.30. The van der Waals surface area contributed by atoms with E-state index in [9.17, 15) is 14.9 Å². The van der Waals surface area contributed by atoms with Crippen LogP contribution in [0, 0.1) is 17.0 Å². The van der Waals surface area contributed by atoms with E-state index in [4.69, 9.17) is 4.98 Å². The molecule has 1 aromatic heterocycles. The van der Waals surface area contributed by atoms with Gasteiger partial charge in [0.1, 0.15) is 5.82 Å². The van der Waals surface area contributed by atoms with E-state index in [0.29, 0.717) is 37.7 Å². The number of hydrogen-bond acceptors (Lipinski definition) is 8. The maximum atomic E-state index is 12.8. The first-order valence-corrected chi connectivity index (χ1v) is 10.5. The number of likely N-dealkylation sites (N-methyl/N-ethyl adjacent to an activating group) is 1. The number of nitro groups is 1. The summed E-state index contributed by atoms with van der Waals surface area (Å²) in [6.07, 6.45) is 0. The quantitative estimate of drug-likeness (QED) is 0.536. The summed E-state index contributed by atoms with van der Waals surface area (Å²) < 4.78 is 0. The number of amides is 1. The number of aromatic nitrogens is 2. The first-order valence-electron chi connectivity index (χ1n) is 10.5. The van der Waals surface area contributed by atoms with Crippen LogP contribution in [0.1, 0.15) is 16.1 Å². The third kappa shape index (κ3) is 4.74. The minimum Gasteiger partial charge on any atom is -0.354 e. The van der Waals surface area contributed by atoms with Crippen molar-refractivity contribution >= 4 is 23.4 Å². The lowest BCUT2D eigenvalue weighted by atomic mass is 10.1. The number of non-ortho nitro benzene ring substituents is 1. The molecule has 10 heteroatoms. The third-order valence-corrected chi connectivity index (χ3v) is 5.83. The molecule has 2 aliphatic heterocycles. The van der Waals surface area contributed by atoms with Crippen molar-refractivity contribution in [3.63, 3.8) is 0 Å². The van der Waals surface area contributed by atoms with Gasteiger partial charge in [0.25, 0.3) is 11.6 Å². The SMILES string of the molecule is Cc1cc(N2CCN(C)CC2)nc(N2CCN(C(=O)c3ccc([N+](=O)[O-])cc3)CC2)n1. The molecule has 0 unspecified atom stereocenters. The highest BCUT2D eigenvalue weighted by atomic mass is 16.6. The van der Waals surface area contributed by atoms with E-state index in [1.807, 2.05) is 13.0 Å². The van der Waals surface area contributed by atoms with Gasteiger partial charge in [-0.05, 0) is 26.1 Å². The van der Waals surface area contributed by atoms with E-state index < -0.39 is 4.92 Å². The number of carbonyl (C=O) groups excluding carboxylic acids is 1. The zero-order chi connectivity index (χ0) is 22.0. The molecule has 31 heavy (non-hydrogen) atoms. The van der Waals surface area contributed by atoms with Gasteiger partial charge in [-0.3, -0.25) is 14.9 Å². The van der Waals surface area contributed by atoms with Crippen LogP contribution in [0.25, 0.3) is 0 Å². The van der Waals surface area contributed by atoms with E-state index >= 15 is 0 Å². The van der Waals surface area contributed by atoms with E-state index in [2.05, 4.69) is 26.7 Å². The molecule has 2 fully saturated rings. The highest BCUT2D eigenvalue weighted by Crippen LogP contribution is 2.21. The van der Waals surface area contributed by atoms with Crippen molar-refractivity contribution < 1.29 is 9.72 Å². The Morgan fingerprint density at radius 1 is 0.935 bits per heavy atom. The second-order valence-corrected chi connectivity index (χ2v) is 8.04. The molecule has 0 N–H and O–H groups in total. The summed E-state index contributed by atoms with van der Waals surface area (Å²) >= 11 is 0. The monoisotopic (exact) mass is 425 g/mol. The van der Waals surface area contributed by atoms with Gasteiger partial charge < -0.3 is 19.6 Å². The van der Waals surface area contributed by atoms with E-state index in [1.54, 1.807) is 4.90 Å². The minimum atomic E-state index is -0.467. The molecule has 164 valence electrons. The van der Waals surface area contributed by atoms with Crippen molar-refractivity contribution in [2.75, 3.05) is 69.2 Å². The molecule has 0 radical (unpaired) electrons. The van der Waals surface area contributed by atoms with Crippen molar-refractivity contribution in [2.24, 2.45) is 0 Å². The topological polar surface area (TPSA) is 99.0 Å². The molecule has 0 spiro atoms. The normalized spacial score (nSPS) is 17.7. The summed E-state index contributed by atoms with van der Waals surface area (Å²) in [7, 11) is 2.13. The van der Waals surface area contributed by atoms with Gasteiger partial charge in [0.05, 0.1) is 4.92 Å². The second kappa shape index (κ2) is 8.84. The number of hydrogen-bond donors (Lipinski definition) is 0. The number of piperazine rings is 2. The fraction of sp³-hybridized carbons (Fsp3) is 0.476. The number of benzene rings is 1. The summed E-state index contributed by atoms with van der Waals surface area (Å²) in [4.78, 5) is 41.0. The molecular formula is C21H27N7O3. The van der Waals surface area contributed by atoms with Crippen LogP contribution in [-0.4, -0.2) is 90.0 Å². The Morgan fingerprint density at radius 3 is 2.16 bits per heavy atom. The standard InChI is InChI=1S/C21H27N7O3/c1-16-15-19(25-9-7-24(2)8-10-25)23-21(22-16)27-13-11-26(12-14-27)20(29)17-3-5-18(6-4-17)28(30)31/h3-6,15H,7-14H2,1-2H3. The molecule has 2 aromatic rings. The number of anilines is 2. The van der Waals surface area contributed by atoms with Crippen LogP contribution in [0.15, 0.2) is 30.3 Å². The van der Waals surface area contributed by atoms with E-state index in [1.165, 1.54) is 24.3 Å². The van der Waals surface area contributed by atoms with Crippen molar-refractivity contribution in [3.8, 4) is 0 Å². The molecule has 10 nitrogen and oxygen atoms in total. The zero-order valence-corrected chi connectivity index (χ0v) is 17.9. The van der Waals surface area contributed by atoms with Crippen molar-refractivity contribution in [1.29, 1.82) is 0 Å². The first-order chi connectivity index (χ1) is 14.9. The lowest BCUT2D eigenvalue weighted by molar-refractivity contribution is -0.384. The second-order valence-electron chi connectivity index (χ2n) is 8.04. The molecule has 0 atom stereocenters. The summed E-state index contributed by atoms with van der Waals surface area (Å²) in [5.74, 6) is 1.55. The summed E-state index contributed by atoms with van der Waals surface area (Å²) in [6, 6.07) is 7.79. The predicted octanol–water partition coefficient (Wildman–Crippen LogP) is 1.41. The molecule has 4 rings (SSSR count). The van der Waals surface area contributed by atoms with E-state index in [-0.39, 0.29) is 11.6 Å². The van der Waals surface area contributed by atoms with Gasteiger partial charge >= 0.3 is 0 Å². The zero-order valence-electron chi connectivity index (χ0n) is 17.9. The number of rotatable bonds is 4. The van der Waals surface area contributed by atoms with Crippen LogP contribution in [0.4, 0.5) is 17.5 Å². The maximum absolute atomic E-state index is 12.8. The molecule has 0 saturated carbocycles. The largest absolute Gasteiger partial charge is 0.354 e. The smallest absolute Gasteiger partial charge is 0.269 e. The van der Waals surface area contributed by atoms with Crippen LogP contribution in [0.2, 0.25) is 0 Å². The van der Waals surface area contributed by atoms with Crippen LogP contribution in [0.5, 0.6) is 0 Å². The Bertz CT molecular complexity index is 950. The molecule has 3 heterocycles. The van der Waals surface area contributed by atoms with Gasteiger partial charge in [-0.15, -0.1) is 0 Å². The van der Waals surface area contributed by atoms with Crippen molar-refractivity contribution in [2.45, 2.75) is 6.92 Å². The Labute approximate surface area is 181 Å².